The molecule has 0 aliphatic carbocycles. The van der Waals surface area contributed by atoms with E-state index < -0.39 is 11.6 Å². The standard InChI is InChI=1S/C20H18FN3O4/c1-27-14-6-4-5-13(11-14)20-24-23-19(28-20)12-22-18(26)10-9-17(25)15-7-2-3-8-16(15)21/h2-8,11H,9-10,12H2,1H3,(H,22,26). The molecule has 8 heteroatoms. The molecule has 0 aliphatic heterocycles. The molecule has 0 atom stereocenters. The normalized spacial score (nSPS) is 10.5. The number of carbonyl (C=O) groups excluding carboxylic acids is 2. The van der Waals surface area contributed by atoms with E-state index >= 15 is 0 Å². The van der Waals surface area contributed by atoms with Crippen LogP contribution in [-0.4, -0.2) is 29.0 Å². The minimum Gasteiger partial charge on any atom is -0.497 e. The molecular weight excluding hydrogens is 365 g/mol. The Morgan fingerprint density at radius 2 is 1.93 bits per heavy atom. The zero-order valence-corrected chi connectivity index (χ0v) is 15.1. The van der Waals surface area contributed by atoms with Gasteiger partial charge in [-0.3, -0.25) is 9.59 Å². The topological polar surface area (TPSA) is 94.3 Å². The fourth-order valence-corrected chi connectivity index (χ4v) is 2.51. The van der Waals surface area contributed by atoms with Gasteiger partial charge in [0.2, 0.25) is 17.7 Å². The van der Waals surface area contributed by atoms with Crippen LogP contribution in [0.3, 0.4) is 0 Å². The number of benzene rings is 2. The second-order valence-corrected chi connectivity index (χ2v) is 5.91. The molecule has 28 heavy (non-hydrogen) atoms. The molecule has 144 valence electrons. The monoisotopic (exact) mass is 383 g/mol. The van der Waals surface area contributed by atoms with Crippen LogP contribution in [0.5, 0.6) is 5.75 Å². The van der Waals surface area contributed by atoms with E-state index in [1.807, 2.05) is 0 Å². The van der Waals surface area contributed by atoms with Crippen LogP contribution in [-0.2, 0) is 11.3 Å². The summed E-state index contributed by atoms with van der Waals surface area (Å²) in [6.45, 7) is 0.0314. The van der Waals surface area contributed by atoms with Gasteiger partial charge in [0, 0.05) is 18.4 Å². The highest BCUT2D eigenvalue weighted by molar-refractivity contribution is 5.98. The summed E-state index contributed by atoms with van der Waals surface area (Å²) in [5, 5.41) is 10.4. The van der Waals surface area contributed by atoms with Crippen molar-refractivity contribution in [1.82, 2.24) is 15.5 Å². The summed E-state index contributed by atoms with van der Waals surface area (Å²) in [5.41, 5.74) is 0.676. The molecule has 0 aliphatic rings. The first kappa shape index (κ1) is 19.2. The van der Waals surface area contributed by atoms with Gasteiger partial charge < -0.3 is 14.5 Å². The smallest absolute Gasteiger partial charge is 0.247 e. The predicted molar refractivity (Wildman–Crippen MR) is 98.1 cm³/mol. The van der Waals surface area contributed by atoms with Gasteiger partial charge in [0.25, 0.3) is 0 Å². The number of methoxy groups -OCH3 is 1. The van der Waals surface area contributed by atoms with Gasteiger partial charge in [-0.05, 0) is 30.3 Å². The Morgan fingerprint density at radius 1 is 1.11 bits per heavy atom. The number of carbonyl (C=O) groups is 2. The summed E-state index contributed by atoms with van der Waals surface area (Å²) < 4.78 is 24.2. The van der Waals surface area contributed by atoms with Gasteiger partial charge in [0.05, 0.1) is 19.2 Å². The fourth-order valence-electron chi connectivity index (χ4n) is 2.51. The molecule has 0 spiro atoms. The maximum atomic E-state index is 13.6. The van der Waals surface area contributed by atoms with Gasteiger partial charge in [0.15, 0.2) is 5.78 Å². The third-order valence-corrected chi connectivity index (χ3v) is 3.97. The highest BCUT2D eigenvalue weighted by atomic mass is 19.1. The van der Waals surface area contributed by atoms with Crippen LogP contribution in [0.4, 0.5) is 4.39 Å². The number of amides is 1. The number of hydrogen-bond donors (Lipinski definition) is 1. The number of halogens is 1. The number of rotatable bonds is 8. The molecule has 3 aromatic rings. The number of hydrogen-bond acceptors (Lipinski definition) is 6. The van der Waals surface area contributed by atoms with E-state index in [1.165, 1.54) is 18.2 Å². The fraction of sp³-hybridized carbons (Fsp3) is 0.200. The Hall–Kier alpha value is -3.55. The molecule has 1 N–H and O–H groups in total. The first-order valence-electron chi connectivity index (χ1n) is 8.58. The van der Waals surface area contributed by atoms with E-state index in [1.54, 1.807) is 37.4 Å². The summed E-state index contributed by atoms with van der Waals surface area (Å²) in [7, 11) is 1.56. The number of nitrogens with one attached hydrogen (secondary N) is 1. The lowest BCUT2D eigenvalue weighted by molar-refractivity contribution is -0.121. The maximum Gasteiger partial charge on any atom is 0.247 e. The van der Waals surface area contributed by atoms with Crippen LogP contribution >= 0.6 is 0 Å². The van der Waals surface area contributed by atoms with Crippen molar-refractivity contribution in [3.63, 3.8) is 0 Å². The molecule has 0 fully saturated rings. The van der Waals surface area contributed by atoms with Crippen LogP contribution in [0, 0.1) is 5.82 Å². The number of nitrogens with zero attached hydrogens (tertiary/aromatic N) is 2. The Labute approximate surface area is 160 Å². The lowest BCUT2D eigenvalue weighted by Gasteiger charge is -2.03. The molecule has 0 saturated carbocycles. The minimum absolute atomic E-state index is 0.0184. The summed E-state index contributed by atoms with van der Waals surface area (Å²) in [5.74, 6) is -0.199. The van der Waals surface area contributed by atoms with Gasteiger partial charge >= 0.3 is 0 Å². The molecule has 7 nitrogen and oxygen atoms in total. The van der Waals surface area contributed by atoms with E-state index in [0.29, 0.717) is 17.2 Å². The Balaban J connectivity index is 1.50. The first-order chi connectivity index (χ1) is 13.6. The van der Waals surface area contributed by atoms with E-state index in [9.17, 15) is 14.0 Å². The lowest BCUT2D eigenvalue weighted by atomic mass is 10.1. The van der Waals surface area contributed by atoms with Gasteiger partial charge in [-0.25, -0.2) is 4.39 Å². The van der Waals surface area contributed by atoms with Gasteiger partial charge in [-0.1, -0.05) is 18.2 Å². The number of ether oxygens (including phenoxy) is 1. The van der Waals surface area contributed by atoms with Crippen LogP contribution in [0.2, 0.25) is 0 Å². The molecule has 0 bridgehead atoms. The quantitative estimate of drug-likeness (QED) is 0.601. The van der Waals surface area contributed by atoms with Crippen LogP contribution in [0.1, 0.15) is 29.1 Å². The minimum atomic E-state index is -0.594. The molecule has 1 heterocycles. The average Bonchev–Trinajstić information content (AvgIpc) is 3.20. The molecule has 0 saturated heterocycles. The molecule has 0 unspecified atom stereocenters. The maximum absolute atomic E-state index is 13.6. The van der Waals surface area contributed by atoms with E-state index in [-0.39, 0.29) is 36.7 Å². The molecule has 0 radical (unpaired) electrons. The molecule has 1 aromatic heterocycles. The van der Waals surface area contributed by atoms with Gasteiger partial charge in [0.1, 0.15) is 11.6 Å². The Morgan fingerprint density at radius 3 is 2.71 bits per heavy atom. The third kappa shape index (κ3) is 4.79. The summed E-state index contributed by atoms with van der Waals surface area (Å²) in [6.07, 6.45) is -0.157. The van der Waals surface area contributed by atoms with E-state index in [0.717, 1.165) is 0 Å². The van der Waals surface area contributed by atoms with E-state index in [2.05, 4.69) is 15.5 Å². The van der Waals surface area contributed by atoms with Crippen molar-refractivity contribution in [2.24, 2.45) is 0 Å². The highest BCUT2D eigenvalue weighted by Crippen LogP contribution is 2.22. The number of Topliss-reactive ketones (excluding diaryl/α,β-unsaturated/α-hetero) is 1. The van der Waals surface area contributed by atoms with Crippen molar-refractivity contribution in [3.8, 4) is 17.2 Å². The molecule has 3 rings (SSSR count). The van der Waals surface area contributed by atoms with Crippen molar-refractivity contribution in [1.29, 1.82) is 0 Å². The Bertz CT molecular complexity index is 987. The van der Waals surface area contributed by atoms with Crippen molar-refractivity contribution in [2.75, 3.05) is 7.11 Å². The van der Waals surface area contributed by atoms with Crippen molar-refractivity contribution < 1.29 is 23.1 Å². The highest BCUT2D eigenvalue weighted by Gasteiger charge is 2.14. The molecular formula is C20H18FN3O4. The zero-order chi connectivity index (χ0) is 19.9. The average molecular weight is 383 g/mol. The van der Waals surface area contributed by atoms with Crippen LogP contribution in [0.25, 0.3) is 11.5 Å². The van der Waals surface area contributed by atoms with Crippen molar-refractivity contribution in [2.45, 2.75) is 19.4 Å². The zero-order valence-electron chi connectivity index (χ0n) is 15.1. The summed E-state index contributed by atoms with van der Waals surface area (Å²) in [4.78, 5) is 23.9. The summed E-state index contributed by atoms with van der Waals surface area (Å²) in [6, 6.07) is 12.8. The second kappa shape index (κ2) is 8.90. The number of aromatic nitrogens is 2. The van der Waals surface area contributed by atoms with Crippen molar-refractivity contribution >= 4 is 11.7 Å². The third-order valence-electron chi connectivity index (χ3n) is 3.97. The lowest BCUT2D eigenvalue weighted by Crippen LogP contribution is -2.23. The Kier molecular flexibility index (Phi) is 6.11. The van der Waals surface area contributed by atoms with Gasteiger partial charge in [-0.15, -0.1) is 10.2 Å². The second-order valence-electron chi connectivity index (χ2n) is 5.91. The van der Waals surface area contributed by atoms with Crippen LogP contribution < -0.4 is 10.1 Å². The van der Waals surface area contributed by atoms with E-state index in [4.69, 9.17) is 9.15 Å². The largest absolute Gasteiger partial charge is 0.497 e. The number of ketones is 1. The van der Waals surface area contributed by atoms with Crippen LogP contribution in [0.15, 0.2) is 52.9 Å². The first-order valence-corrected chi connectivity index (χ1v) is 8.58. The van der Waals surface area contributed by atoms with Gasteiger partial charge in [-0.2, -0.15) is 0 Å². The molecule has 2 aromatic carbocycles. The summed E-state index contributed by atoms with van der Waals surface area (Å²) >= 11 is 0. The SMILES string of the molecule is COc1cccc(-c2nnc(CNC(=O)CCC(=O)c3ccccc3F)o2)c1. The van der Waals surface area contributed by atoms with Crippen molar-refractivity contribution in [3.05, 3.63) is 65.8 Å². The molecule has 1 amide bonds. The predicted octanol–water partition coefficient (Wildman–Crippen LogP) is 3.16.